The number of carboxylic acid groups (broad SMARTS) is 1. The van der Waals surface area contributed by atoms with Crippen molar-refractivity contribution in [1.29, 1.82) is 0 Å². The summed E-state index contributed by atoms with van der Waals surface area (Å²) in [7, 11) is 1.54. The van der Waals surface area contributed by atoms with Gasteiger partial charge in [0.15, 0.2) is 0 Å². The minimum atomic E-state index is -1.08. The molecule has 1 unspecified atom stereocenters. The molecule has 0 aliphatic heterocycles. The Bertz CT molecular complexity index is 772. The van der Waals surface area contributed by atoms with E-state index in [2.05, 4.69) is 10.3 Å². The summed E-state index contributed by atoms with van der Waals surface area (Å²) >= 11 is 1.43. The zero-order valence-electron chi connectivity index (χ0n) is 14.0. The molecule has 2 rings (SSSR count). The fourth-order valence-electron chi connectivity index (χ4n) is 2.54. The molecule has 0 aliphatic rings. The normalized spacial score (nSPS) is 13.2. The van der Waals surface area contributed by atoms with Crippen molar-refractivity contribution in [3.63, 3.8) is 0 Å². The lowest BCUT2D eigenvalue weighted by Gasteiger charge is -2.30. The van der Waals surface area contributed by atoms with Crippen LogP contribution in [-0.2, 0) is 10.3 Å². The molecule has 1 amide bonds. The van der Waals surface area contributed by atoms with Crippen molar-refractivity contribution in [3.8, 4) is 5.75 Å². The summed E-state index contributed by atoms with van der Waals surface area (Å²) in [5, 5.41) is 12.9. The van der Waals surface area contributed by atoms with E-state index >= 15 is 0 Å². The van der Waals surface area contributed by atoms with E-state index < -0.39 is 11.5 Å². The van der Waals surface area contributed by atoms with Crippen molar-refractivity contribution in [2.24, 2.45) is 0 Å². The van der Waals surface area contributed by atoms with Gasteiger partial charge in [-0.25, -0.2) is 4.98 Å². The van der Waals surface area contributed by atoms with Crippen molar-refractivity contribution in [3.05, 3.63) is 45.4 Å². The van der Waals surface area contributed by atoms with Crippen LogP contribution in [0.1, 0.15) is 39.3 Å². The van der Waals surface area contributed by atoms with Crippen LogP contribution >= 0.6 is 11.3 Å². The molecule has 2 aromatic rings. The first kappa shape index (κ1) is 17.9. The third kappa shape index (κ3) is 3.91. The number of hydrogen-bond acceptors (Lipinski definition) is 5. The molecule has 1 aromatic heterocycles. The molecule has 0 spiro atoms. The Labute approximate surface area is 144 Å². The molecule has 1 aromatic carbocycles. The zero-order chi connectivity index (χ0) is 17.9. The standard InChI is InChI=1S/C17H20N2O4S/c1-10-15(18-11(2)24-10)16(22)19-17(3,9-14(20)21)12-6-5-7-13(8-12)23-4/h5-8H,9H2,1-4H3,(H,19,22)(H,20,21). The Morgan fingerprint density at radius 3 is 2.62 bits per heavy atom. The number of methoxy groups -OCH3 is 1. The van der Waals surface area contributed by atoms with Gasteiger partial charge in [0, 0.05) is 4.88 Å². The molecular weight excluding hydrogens is 328 g/mol. The smallest absolute Gasteiger partial charge is 0.306 e. The van der Waals surface area contributed by atoms with E-state index in [1.165, 1.54) is 18.4 Å². The van der Waals surface area contributed by atoms with Crippen molar-refractivity contribution in [2.75, 3.05) is 7.11 Å². The highest BCUT2D eigenvalue weighted by Crippen LogP contribution is 2.29. The maximum atomic E-state index is 12.6. The van der Waals surface area contributed by atoms with Gasteiger partial charge in [-0.2, -0.15) is 0 Å². The van der Waals surface area contributed by atoms with E-state index in [9.17, 15) is 14.7 Å². The van der Waals surface area contributed by atoms with Gasteiger partial charge in [0.2, 0.25) is 0 Å². The molecule has 2 N–H and O–H groups in total. The second-order valence-corrected chi connectivity index (χ2v) is 7.13. The Morgan fingerprint density at radius 2 is 2.08 bits per heavy atom. The van der Waals surface area contributed by atoms with E-state index in [-0.39, 0.29) is 12.3 Å². The molecular formula is C17H20N2O4S. The number of ether oxygens (including phenoxy) is 1. The molecule has 0 fully saturated rings. The first-order chi connectivity index (χ1) is 11.2. The summed E-state index contributed by atoms with van der Waals surface area (Å²) < 4.78 is 5.20. The highest BCUT2D eigenvalue weighted by Gasteiger charge is 2.33. The van der Waals surface area contributed by atoms with Crippen molar-refractivity contribution in [1.82, 2.24) is 10.3 Å². The average molecular weight is 348 g/mol. The summed E-state index contributed by atoms with van der Waals surface area (Å²) in [5.74, 6) is -0.797. The molecule has 7 heteroatoms. The number of aryl methyl sites for hydroxylation is 2. The number of nitrogens with one attached hydrogen (secondary N) is 1. The summed E-state index contributed by atoms with van der Waals surface area (Å²) in [6, 6.07) is 7.02. The molecule has 6 nitrogen and oxygen atoms in total. The highest BCUT2D eigenvalue weighted by molar-refractivity contribution is 7.11. The average Bonchev–Trinajstić information content (AvgIpc) is 2.85. The number of carbonyl (C=O) groups excluding carboxylic acids is 1. The molecule has 0 bridgehead atoms. The van der Waals surface area contributed by atoms with Gasteiger partial charge in [-0.15, -0.1) is 11.3 Å². The molecule has 1 heterocycles. The van der Waals surface area contributed by atoms with Crippen LogP contribution in [0.15, 0.2) is 24.3 Å². The monoisotopic (exact) mass is 348 g/mol. The quantitative estimate of drug-likeness (QED) is 0.838. The molecule has 1 atom stereocenters. The van der Waals surface area contributed by atoms with Crippen LogP contribution in [0.25, 0.3) is 0 Å². The number of aromatic nitrogens is 1. The van der Waals surface area contributed by atoms with Gasteiger partial charge in [-0.3, -0.25) is 9.59 Å². The van der Waals surface area contributed by atoms with E-state index in [0.717, 1.165) is 9.88 Å². The summed E-state index contributed by atoms with van der Waals surface area (Å²) in [4.78, 5) is 29.0. The SMILES string of the molecule is COc1cccc(C(C)(CC(=O)O)NC(=O)c2nc(C)sc2C)c1. The van der Waals surface area contributed by atoms with E-state index in [1.54, 1.807) is 31.2 Å². The highest BCUT2D eigenvalue weighted by atomic mass is 32.1. The topological polar surface area (TPSA) is 88.5 Å². The fraction of sp³-hybridized carbons (Fsp3) is 0.353. The van der Waals surface area contributed by atoms with Crippen LogP contribution in [0.4, 0.5) is 0 Å². The van der Waals surface area contributed by atoms with Gasteiger partial charge in [-0.05, 0) is 38.5 Å². The largest absolute Gasteiger partial charge is 0.497 e. The van der Waals surface area contributed by atoms with Gasteiger partial charge in [0.05, 0.1) is 24.1 Å². The molecule has 128 valence electrons. The van der Waals surface area contributed by atoms with Crippen molar-refractivity contribution >= 4 is 23.2 Å². The van der Waals surface area contributed by atoms with E-state index in [0.29, 0.717) is 17.0 Å². The number of rotatable bonds is 6. The van der Waals surface area contributed by atoms with Gasteiger partial charge >= 0.3 is 5.97 Å². The van der Waals surface area contributed by atoms with Gasteiger partial charge in [0.1, 0.15) is 11.4 Å². The molecule has 0 saturated heterocycles. The van der Waals surface area contributed by atoms with Crippen LogP contribution in [0, 0.1) is 13.8 Å². The number of carboxylic acids is 1. The van der Waals surface area contributed by atoms with Crippen LogP contribution < -0.4 is 10.1 Å². The Hall–Kier alpha value is -2.41. The zero-order valence-corrected chi connectivity index (χ0v) is 14.9. The number of carbonyl (C=O) groups is 2. The minimum Gasteiger partial charge on any atom is -0.497 e. The summed E-state index contributed by atoms with van der Waals surface area (Å²) in [6.45, 7) is 5.33. The lowest BCUT2D eigenvalue weighted by atomic mass is 9.88. The van der Waals surface area contributed by atoms with Crippen LogP contribution in [-0.4, -0.2) is 29.1 Å². The van der Waals surface area contributed by atoms with Crippen LogP contribution in [0.5, 0.6) is 5.75 Å². The Balaban J connectivity index is 2.38. The first-order valence-electron chi connectivity index (χ1n) is 7.38. The van der Waals surface area contributed by atoms with Crippen LogP contribution in [0.3, 0.4) is 0 Å². The fourth-order valence-corrected chi connectivity index (χ4v) is 3.35. The molecule has 0 radical (unpaired) electrons. The lowest BCUT2D eigenvalue weighted by Crippen LogP contribution is -2.45. The van der Waals surface area contributed by atoms with Crippen molar-refractivity contribution < 1.29 is 19.4 Å². The van der Waals surface area contributed by atoms with Crippen molar-refractivity contribution in [2.45, 2.75) is 32.7 Å². The number of thiazole rings is 1. The lowest BCUT2D eigenvalue weighted by molar-refractivity contribution is -0.138. The number of hydrogen-bond donors (Lipinski definition) is 2. The van der Waals surface area contributed by atoms with E-state index in [4.69, 9.17) is 4.74 Å². The van der Waals surface area contributed by atoms with E-state index in [1.807, 2.05) is 13.8 Å². The third-order valence-corrected chi connectivity index (χ3v) is 4.61. The third-order valence-electron chi connectivity index (χ3n) is 3.72. The molecule has 0 saturated carbocycles. The van der Waals surface area contributed by atoms with Crippen LogP contribution in [0.2, 0.25) is 0 Å². The van der Waals surface area contributed by atoms with Gasteiger partial charge in [-0.1, -0.05) is 12.1 Å². The number of amides is 1. The first-order valence-corrected chi connectivity index (χ1v) is 8.19. The Kier molecular flexibility index (Phi) is 5.23. The molecule has 24 heavy (non-hydrogen) atoms. The summed E-state index contributed by atoms with van der Waals surface area (Å²) in [6.07, 6.45) is -0.256. The van der Waals surface area contributed by atoms with Gasteiger partial charge in [0.25, 0.3) is 5.91 Å². The summed E-state index contributed by atoms with van der Waals surface area (Å²) in [5.41, 5.74) is -0.0965. The Morgan fingerprint density at radius 1 is 1.38 bits per heavy atom. The number of nitrogens with zero attached hydrogens (tertiary/aromatic N) is 1. The maximum absolute atomic E-state index is 12.6. The minimum absolute atomic E-state index is 0.256. The number of benzene rings is 1. The number of aliphatic carboxylic acids is 1. The molecule has 0 aliphatic carbocycles. The maximum Gasteiger partial charge on any atom is 0.306 e. The predicted octanol–water partition coefficient (Wildman–Crippen LogP) is 2.89. The second kappa shape index (κ2) is 7.00. The van der Waals surface area contributed by atoms with Gasteiger partial charge < -0.3 is 15.2 Å². The predicted molar refractivity (Wildman–Crippen MR) is 91.7 cm³/mol. The second-order valence-electron chi connectivity index (χ2n) is 5.73.